The van der Waals surface area contributed by atoms with Gasteiger partial charge in [-0.1, -0.05) is 40.5 Å². The molecule has 0 bridgehead atoms. The minimum Gasteiger partial charge on any atom is -0.311 e. The normalized spacial score (nSPS) is 27.2. The van der Waals surface area contributed by atoms with Gasteiger partial charge in [0.05, 0.1) is 0 Å². The number of hydrogen-bond donors (Lipinski definition) is 1. The van der Waals surface area contributed by atoms with E-state index in [1.807, 2.05) is 0 Å². The second-order valence-electron chi connectivity index (χ2n) is 8.13. The fourth-order valence-corrected chi connectivity index (χ4v) is 3.34. The summed E-state index contributed by atoms with van der Waals surface area (Å²) in [4.78, 5) is 0. The van der Waals surface area contributed by atoms with Crippen molar-refractivity contribution in [3.8, 4) is 0 Å². The van der Waals surface area contributed by atoms with E-state index >= 15 is 0 Å². The fraction of sp³-hybridized carbons (Fsp3) is 1.00. The van der Waals surface area contributed by atoms with Crippen LogP contribution in [0.3, 0.4) is 0 Å². The van der Waals surface area contributed by atoms with Gasteiger partial charge < -0.3 is 5.32 Å². The Morgan fingerprint density at radius 2 is 1.47 bits per heavy atom. The summed E-state index contributed by atoms with van der Waals surface area (Å²) in [6.45, 7) is 15.3. The van der Waals surface area contributed by atoms with E-state index in [4.69, 9.17) is 0 Å². The number of nitrogens with one attached hydrogen (secondary N) is 1. The zero-order valence-corrected chi connectivity index (χ0v) is 12.9. The maximum atomic E-state index is 3.80. The average molecular weight is 239 g/mol. The molecular weight excluding hydrogens is 206 g/mol. The van der Waals surface area contributed by atoms with Gasteiger partial charge in [0.1, 0.15) is 0 Å². The molecule has 102 valence electrons. The minimum absolute atomic E-state index is 0.279. The second-order valence-corrected chi connectivity index (χ2v) is 8.13. The highest BCUT2D eigenvalue weighted by atomic mass is 15.0. The Morgan fingerprint density at radius 3 is 1.94 bits per heavy atom. The molecule has 0 aromatic heterocycles. The monoisotopic (exact) mass is 239 g/mol. The summed E-state index contributed by atoms with van der Waals surface area (Å²) in [6, 6.07) is 0. The van der Waals surface area contributed by atoms with Crippen LogP contribution in [0.5, 0.6) is 0 Å². The molecule has 1 aliphatic rings. The van der Waals surface area contributed by atoms with Crippen molar-refractivity contribution >= 4 is 0 Å². The van der Waals surface area contributed by atoms with Crippen molar-refractivity contribution in [1.29, 1.82) is 0 Å². The van der Waals surface area contributed by atoms with Gasteiger partial charge in [-0.15, -0.1) is 0 Å². The lowest BCUT2D eigenvalue weighted by Crippen LogP contribution is -2.44. The molecule has 0 radical (unpaired) electrons. The molecule has 0 aliphatic heterocycles. The summed E-state index contributed by atoms with van der Waals surface area (Å²) < 4.78 is 0. The Morgan fingerprint density at radius 1 is 0.941 bits per heavy atom. The van der Waals surface area contributed by atoms with Gasteiger partial charge in [-0.25, -0.2) is 0 Å². The summed E-state index contributed by atoms with van der Waals surface area (Å²) >= 11 is 0. The van der Waals surface area contributed by atoms with Crippen LogP contribution in [0.4, 0.5) is 0 Å². The number of hydrogen-bond acceptors (Lipinski definition) is 1. The van der Waals surface area contributed by atoms with E-state index in [9.17, 15) is 0 Å². The van der Waals surface area contributed by atoms with Crippen molar-refractivity contribution in [2.75, 3.05) is 6.54 Å². The van der Waals surface area contributed by atoms with Gasteiger partial charge in [0.25, 0.3) is 0 Å². The molecule has 0 heterocycles. The first-order chi connectivity index (χ1) is 7.68. The Balaban J connectivity index is 2.29. The zero-order valence-electron chi connectivity index (χ0n) is 12.9. The Labute approximate surface area is 109 Å². The molecule has 0 spiro atoms. The topological polar surface area (TPSA) is 12.0 Å². The van der Waals surface area contributed by atoms with Crippen LogP contribution in [-0.4, -0.2) is 12.1 Å². The molecular formula is C16H33N. The van der Waals surface area contributed by atoms with Crippen molar-refractivity contribution in [1.82, 2.24) is 5.32 Å². The third kappa shape index (κ3) is 6.45. The molecule has 1 nitrogen and oxygen atoms in total. The van der Waals surface area contributed by atoms with Crippen LogP contribution in [0, 0.1) is 17.3 Å². The SMILES string of the molecule is CC1CCC(CNC(C)(C)CC(C)(C)C)CC1. The zero-order chi connectivity index (χ0) is 13.1. The van der Waals surface area contributed by atoms with Gasteiger partial charge >= 0.3 is 0 Å². The van der Waals surface area contributed by atoms with Crippen molar-refractivity contribution in [3.63, 3.8) is 0 Å². The molecule has 1 saturated carbocycles. The van der Waals surface area contributed by atoms with Gasteiger partial charge in [-0.3, -0.25) is 0 Å². The van der Waals surface area contributed by atoms with Crippen LogP contribution in [0.15, 0.2) is 0 Å². The summed E-state index contributed by atoms with van der Waals surface area (Å²) in [7, 11) is 0. The minimum atomic E-state index is 0.279. The molecule has 1 fully saturated rings. The smallest absolute Gasteiger partial charge is 0.0130 e. The molecule has 0 amide bonds. The molecule has 1 N–H and O–H groups in total. The maximum Gasteiger partial charge on any atom is 0.0130 e. The summed E-state index contributed by atoms with van der Waals surface area (Å²) in [6.07, 6.45) is 6.97. The number of rotatable bonds is 4. The molecule has 17 heavy (non-hydrogen) atoms. The van der Waals surface area contributed by atoms with Crippen LogP contribution in [-0.2, 0) is 0 Å². The van der Waals surface area contributed by atoms with Crippen LogP contribution < -0.4 is 5.32 Å². The maximum absolute atomic E-state index is 3.80. The van der Waals surface area contributed by atoms with Crippen molar-refractivity contribution in [3.05, 3.63) is 0 Å². The van der Waals surface area contributed by atoms with Crippen molar-refractivity contribution in [2.24, 2.45) is 17.3 Å². The van der Waals surface area contributed by atoms with E-state index in [0.29, 0.717) is 5.41 Å². The summed E-state index contributed by atoms with van der Waals surface area (Å²) in [5.74, 6) is 1.89. The molecule has 1 rings (SSSR count). The first-order valence-corrected chi connectivity index (χ1v) is 7.43. The van der Waals surface area contributed by atoms with E-state index in [-0.39, 0.29) is 5.54 Å². The standard InChI is InChI=1S/C16H33N/c1-13-7-9-14(10-8-13)11-17-16(5,6)12-15(2,3)4/h13-14,17H,7-12H2,1-6H3. The Hall–Kier alpha value is -0.0400. The van der Waals surface area contributed by atoms with Gasteiger partial charge in [0.15, 0.2) is 0 Å². The quantitative estimate of drug-likeness (QED) is 0.755. The third-order valence-corrected chi connectivity index (χ3v) is 3.98. The van der Waals surface area contributed by atoms with E-state index in [0.717, 1.165) is 11.8 Å². The average Bonchev–Trinajstić information content (AvgIpc) is 2.13. The third-order valence-electron chi connectivity index (χ3n) is 3.98. The predicted octanol–water partition coefficient (Wildman–Crippen LogP) is 4.62. The Bertz CT molecular complexity index is 216. The Kier molecular flexibility index (Phi) is 5.07. The molecule has 0 saturated heterocycles. The van der Waals surface area contributed by atoms with Crippen molar-refractivity contribution < 1.29 is 0 Å². The lowest BCUT2D eigenvalue weighted by atomic mass is 9.80. The van der Waals surface area contributed by atoms with E-state index in [1.54, 1.807) is 0 Å². The van der Waals surface area contributed by atoms with Crippen LogP contribution in [0.25, 0.3) is 0 Å². The van der Waals surface area contributed by atoms with Crippen LogP contribution >= 0.6 is 0 Å². The predicted molar refractivity (Wildman–Crippen MR) is 77.3 cm³/mol. The first kappa shape index (κ1) is 15.0. The second kappa shape index (κ2) is 5.73. The summed E-state index contributed by atoms with van der Waals surface area (Å²) in [5.41, 5.74) is 0.693. The van der Waals surface area contributed by atoms with E-state index < -0.39 is 0 Å². The molecule has 0 aromatic carbocycles. The fourth-order valence-electron chi connectivity index (χ4n) is 3.34. The van der Waals surface area contributed by atoms with Gasteiger partial charge in [-0.05, 0) is 56.9 Å². The van der Waals surface area contributed by atoms with Gasteiger partial charge in [0.2, 0.25) is 0 Å². The molecule has 0 atom stereocenters. The molecule has 1 heteroatoms. The molecule has 1 aliphatic carbocycles. The van der Waals surface area contributed by atoms with E-state index in [1.165, 1.54) is 38.6 Å². The lowest BCUT2D eigenvalue weighted by molar-refractivity contribution is 0.211. The molecule has 0 aromatic rings. The highest BCUT2D eigenvalue weighted by molar-refractivity contribution is 4.84. The summed E-state index contributed by atoms with van der Waals surface area (Å²) in [5, 5.41) is 3.80. The van der Waals surface area contributed by atoms with Crippen molar-refractivity contribution in [2.45, 2.75) is 79.2 Å². The van der Waals surface area contributed by atoms with Gasteiger partial charge in [-0.2, -0.15) is 0 Å². The lowest BCUT2D eigenvalue weighted by Gasteiger charge is -2.36. The van der Waals surface area contributed by atoms with Crippen LogP contribution in [0.1, 0.15) is 73.6 Å². The highest BCUT2D eigenvalue weighted by Crippen LogP contribution is 2.30. The molecule has 0 unspecified atom stereocenters. The highest BCUT2D eigenvalue weighted by Gasteiger charge is 2.26. The largest absolute Gasteiger partial charge is 0.311 e. The first-order valence-electron chi connectivity index (χ1n) is 7.43. The van der Waals surface area contributed by atoms with E-state index in [2.05, 4.69) is 46.9 Å². The van der Waals surface area contributed by atoms with Gasteiger partial charge in [0, 0.05) is 5.54 Å². The van der Waals surface area contributed by atoms with Crippen LogP contribution in [0.2, 0.25) is 0 Å².